The number of hydrogen-bond donors (Lipinski definition) is 1. The summed E-state index contributed by atoms with van der Waals surface area (Å²) in [6, 6.07) is 12.4. The Labute approximate surface area is 159 Å². The van der Waals surface area contributed by atoms with Crippen molar-refractivity contribution in [1.82, 2.24) is 9.62 Å². The van der Waals surface area contributed by atoms with Gasteiger partial charge in [-0.25, -0.2) is 12.8 Å². The maximum Gasteiger partial charge on any atom is 0.251 e. The van der Waals surface area contributed by atoms with Gasteiger partial charge in [-0.2, -0.15) is 4.31 Å². The second-order valence-corrected chi connectivity index (χ2v) is 8.52. The van der Waals surface area contributed by atoms with Gasteiger partial charge in [-0.1, -0.05) is 24.6 Å². The molecule has 144 valence electrons. The molecule has 27 heavy (non-hydrogen) atoms. The lowest BCUT2D eigenvalue weighted by Crippen LogP contribution is -2.35. The van der Waals surface area contributed by atoms with Crippen molar-refractivity contribution < 1.29 is 17.6 Å². The van der Waals surface area contributed by atoms with E-state index in [1.54, 1.807) is 18.2 Å². The molecule has 5 nitrogen and oxygen atoms in total. The van der Waals surface area contributed by atoms with Crippen molar-refractivity contribution >= 4 is 15.9 Å². The molecule has 3 rings (SSSR count). The van der Waals surface area contributed by atoms with Crippen LogP contribution in [0.5, 0.6) is 0 Å². The molecule has 0 radical (unpaired) electrons. The highest BCUT2D eigenvalue weighted by molar-refractivity contribution is 7.89. The van der Waals surface area contributed by atoms with Crippen molar-refractivity contribution in [1.29, 1.82) is 0 Å². The van der Waals surface area contributed by atoms with Crippen LogP contribution in [0.25, 0.3) is 0 Å². The van der Waals surface area contributed by atoms with Crippen LogP contribution in [0.15, 0.2) is 53.4 Å². The summed E-state index contributed by atoms with van der Waals surface area (Å²) in [7, 11) is -3.50. The summed E-state index contributed by atoms with van der Waals surface area (Å²) in [5.41, 5.74) is 0.918. The van der Waals surface area contributed by atoms with E-state index in [0.29, 0.717) is 37.2 Å². The van der Waals surface area contributed by atoms with Gasteiger partial charge in [-0.3, -0.25) is 4.79 Å². The van der Waals surface area contributed by atoms with Crippen molar-refractivity contribution in [2.24, 2.45) is 0 Å². The van der Waals surface area contributed by atoms with Crippen LogP contribution in [0, 0.1) is 5.82 Å². The van der Waals surface area contributed by atoms with E-state index >= 15 is 0 Å². The number of benzene rings is 2. The van der Waals surface area contributed by atoms with Gasteiger partial charge in [0.05, 0.1) is 4.90 Å². The molecule has 2 aromatic carbocycles. The van der Waals surface area contributed by atoms with Gasteiger partial charge >= 0.3 is 0 Å². The molecule has 0 atom stereocenters. The first-order chi connectivity index (χ1) is 13.0. The Morgan fingerprint density at radius 3 is 2.33 bits per heavy atom. The summed E-state index contributed by atoms with van der Waals surface area (Å²) in [6.45, 7) is 1.38. The predicted molar refractivity (Wildman–Crippen MR) is 101 cm³/mol. The Kier molecular flexibility index (Phi) is 6.23. The molecule has 0 aromatic heterocycles. The molecule has 0 saturated carbocycles. The van der Waals surface area contributed by atoms with Crippen molar-refractivity contribution in [2.75, 3.05) is 19.6 Å². The number of sulfonamides is 1. The summed E-state index contributed by atoms with van der Waals surface area (Å²) in [6.07, 6.45) is 3.20. The number of halogens is 1. The molecule has 1 N–H and O–H groups in total. The molecule has 1 fully saturated rings. The molecule has 1 aliphatic rings. The van der Waals surface area contributed by atoms with Crippen LogP contribution in [0.4, 0.5) is 4.39 Å². The number of nitrogens with zero attached hydrogens (tertiary/aromatic N) is 1. The quantitative estimate of drug-likeness (QED) is 0.825. The van der Waals surface area contributed by atoms with Gasteiger partial charge in [0.25, 0.3) is 5.91 Å². The van der Waals surface area contributed by atoms with Crippen molar-refractivity contribution in [3.05, 3.63) is 65.5 Å². The zero-order valence-corrected chi connectivity index (χ0v) is 15.8. The lowest BCUT2D eigenvalue weighted by molar-refractivity contribution is 0.0954. The first-order valence-corrected chi connectivity index (χ1v) is 10.5. The molecule has 0 unspecified atom stereocenters. The van der Waals surface area contributed by atoms with E-state index in [-0.39, 0.29) is 16.6 Å². The first-order valence-electron chi connectivity index (χ1n) is 9.10. The van der Waals surface area contributed by atoms with E-state index in [1.807, 2.05) is 0 Å². The topological polar surface area (TPSA) is 66.5 Å². The Hall–Kier alpha value is -2.25. The lowest BCUT2D eigenvalue weighted by atomic mass is 10.1. The van der Waals surface area contributed by atoms with Gasteiger partial charge in [0.15, 0.2) is 0 Å². The van der Waals surface area contributed by atoms with Crippen LogP contribution in [0.3, 0.4) is 0 Å². The maximum atomic E-state index is 13.6. The third-order valence-electron chi connectivity index (χ3n) is 4.71. The van der Waals surface area contributed by atoms with Crippen molar-refractivity contribution in [3.8, 4) is 0 Å². The largest absolute Gasteiger partial charge is 0.352 e. The Morgan fingerprint density at radius 2 is 1.67 bits per heavy atom. The smallest absolute Gasteiger partial charge is 0.251 e. The van der Waals surface area contributed by atoms with E-state index < -0.39 is 10.0 Å². The molecule has 1 saturated heterocycles. The first kappa shape index (κ1) is 19.5. The summed E-state index contributed by atoms with van der Waals surface area (Å²) < 4.78 is 40.3. The molecular weight excluding hydrogens is 367 g/mol. The van der Waals surface area contributed by atoms with Crippen LogP contribution in [0.2, 0.25) is 0 Å². The minimum Gasteiger partial charge on any atom is -0.352 e. The van der Waals surface area contributed by atoms with E-state index in [1.165, 1.54) is 34.6 Å². The Morgan fingerprint density at radius 1 is 1.00 bits per heavy atom. The van der Waals surface area contributed by atoms with Crippen LogP contribution < -0.4 is 5.32 Å². The highest BCUT2D eigenvalue weighted by Crippen LogP contribution is 2.20. The van der Waals surface area contributed by atoms with Gasteiger partial charge in [0.1, 0.15) is 5.82 Å². The lowest BCUT2D eigenvalue weighted by Gasteiger charge is -2.25. The van der Waals surface area contributed by atoms with Gasteiger partial charge in [0.2, 0.25) is 10.0 Å². The average Bonchev–Trinajstić information content (AvgIpc) is 2.70. The summed E-state index contributed by atoms with van der Waals surface area (Å²) in [5.74, 6) is -0.604. The fourth-order valence-corrected chi connectivity index (χ4v) is 4.66. The molecule has 1 aliphatic heterocycles. The average molecular weight is 390 g/mol. The van der Waals surface area contributed by atoms with E-state index in [0.717, 1.165) is 19.3 Å². The minimum absolute atomic E-state index is 0.201. The normalized spacial score (nSPS) is 15.4. The molecule has 0 spiro atoms. The minimum atomic E-state index is -3.50. The number of amides is 1. The van der Waals surface area contributed by atoms with E-state index in [4.69, 9.17) is 0 Å². The Balaban J connectivity index is 1.59. The third-order valence-corrected chi connectivity index (χ3v) is 6.62. The summed E-state index contributed by atoms with van der Waals surface area (Å²) >= 11 is 0. The van der Waals surface area contributed by atoms with Gasteiger partial charge in [0, 0.05) is 25.2 Å². The Bertz CT molecular complexity index is 892. The van der Waals surface area contributed by atoms with Crippen LogP contribution in [-0.2, 0) is 16.4 Å². The van der Waals surface area contributed by atoms with Crippen molar-refractivity contribution in [2.45, 2.75) is 30.6 Å². The fourth-order valence-electron chi connectivity index (χ4n) is 3.15. The van der Waals surface area contributed by atoms with Crippen molar-refractivity contribution in [3.63, 3.8) is 0 Å². The molecule has 1 amide bonds. The molecule has 1 heterocycles. The second-order valence-electron chi connectivity index (χ2n) is 6.59. The molecule has 2 aromatic rings. The summed E-state index contributed by atoms with van der Waals surface area (Å²) in [5, 5.41) is 2.73. The van der Waals surface area contributed by atoms with E-state index in [9.17, 15) is 17.6 Å². The standard InChI is InChI=1S/C20H23FN2O3S/c21-19-7-3-2-6-16(19)12-13-22-20(24)17-8-10-18(11-9-17)27(25,26)23-14-4-1-5-15-23/h2-3,6-11H,1,4-5,12-15H2,(H,22,24). The van der Waals surface area contributed by atoms with Crippen LogP contribution in [0.1, 0.15) is 35.2 Å². The summed E-state index contributed by atoms with van der Waals surface area (Å²) in [4.78, 5) is 12.4. The second kappa shape index (κ2) is 8.63. The molecule has 7 heteroatoms. The molecular formula is C20H23FN2O3S. The van der Waals surface area contributed by atoms with Gasteiger partial charge < -0.3 is 5.32 Å². The number of rotatable bonds is 6. The SMILES string of the molecule is O=C(NCCc1ccccc1F)c1ccc(S(=O)(=O)N2CCCCC2)cc1. The maximum absolute atomic E-state index is 13.6. The fraction of sp³-hybridized carbons (Fsp3) is 0.350. The number of nitrogens with one attached hydrogen (secondary N) is 1. The molecule has 0 bridgehead atoms. The monoisotopic (exact) mass is 390 g/mol. The number of hydrogen-bond acceptors (Lipinski definition) is 3. The highest BCUT2D eigenvalue weighted by atomic mass is 32.2. The zero-order chi connectivity index (χ0) is 19.3. The number of carbonyl (C=O) groups excluding carboxylic acids is 1. The molecule has 0 aliphatic carbocycles. The zero-order valence-electron chi connectivity index (χ0n) is 15.0. The third kappa shape index (κ3) is 4.73. The van der Waals surface area contributed by atoms with Crippen LogP contribution in [-0.4, -0.2) is 38.3 Å². The van der Waals surface area contributed by atoms with E-state index in [2.05, 4.69) is 5.32 Å². The highest BCUT2D eigenvalue weighted by Gasteiger charge is 2.25. The van der Waals surface area contributed by atoms with Crippen LogP contribution >= 0.6 is 0 Å². The predicted octanol–water partition coefficient (Wildman–Crippen LogP) is 2.97. The number of piperidine rings is 1. The van der Waals surface area contributed by atoms with Gasteiger partial charge in [-0.15, -0.1) is 0 Å². The van der Waals surface area contributed by atoms with Gasteiger partial charge in [-0.05, 0) is 55.2 Å². The number of carbonyl (C=O) groups is 1.